The Morgan fingerprint density at radius 1 is 1.25 bits per heavy atom. The van der Waals surface area contributed by atoms with E-state index in [-0.39, 0.29) is 29.4 Å². The van der Waals surface area contributed by atoms with E-state index in [0.717, 1.165) is 25.6 Å². The van der Waals surface area contributed by atoms with Crippen LogP contribution in [0.1, 0.15) is 39.2 Å². The fraction of sp³-hybridized carbons (Fsp3) is 0.632. The average molecular weight is 444 g/mol. The molecule has 5 heteroatoms. The zero-order chi connectivity index (χ0) is 16.7. The molecule has 0 radical (unpaired) electrons. The van der Waals surface area contributed by atoms with Gasteiger partial charge in [0.15, 0.2) is 5.96 Å². The molecular formula is C19H33IN4. The summed E-state index contributed by atoms with van der Waals surface area (Å²) in [5.74, 6) is 0.900. The van der Waals surface area contributed by atoms with Gasteiger partial charge in [0.2, 0.25) is 0 Å². The van der Waals surface area contributed by atoms with Crippen LogP contribution in [0.2, 0.25) is 0 Å². The Morgan fingerprint density at radius 3 is 2.58 bits per heavy atom. The lowest BCUT2D eigenvalue weighted by Crippen LogP contribution is -2.47. The van der Waals surface area contributed by atoms with E-state index in [9.17, 15) is 0 Å². The smallest absolute Gasteiger partial charge is 0.191 e. The molecule has 1 atom stereocenters. The lowest BCUT2D eigenvalue weighted by atomic mass is 9.85. The molecule has 1 aromatic rings. The second-order valence-corrected chi connectivity index (χ2v) is 6.98. The largest absolute Gasteiger partial charge is 0.356 e. The first-order valence-corrected chi connectivity index (χ1v) is 8.81. The average Bonchev–Trinajstić information content (AvgIpc) is 3.03. The number of guanidine groups is 1. The van der Waals surface area contributed by atoms with Crippen LogP contribution in [0.25, 0.3) is 0 Å². The third-order valence-electron chi connectivity index (χ3n) is 4.89. The summed E-state index contributed by atoms with van der Waals surface area (Å²) in [5, 5.41) is 6.98. The lowest BCUT2D eigenvalue weighted by Gasteiger charge is -2.28. The Kier molecular flexibility index (Phi) is 9.05. The maximum absolute atomic E-state index is 4.37. The Bertz CT molecular complexity index is 501. The van der Waals surface area contributed by atoms with Gasteiger partial charge in [0.1, 0.15) is 0 Å². The molecule has 0 aliphatic carbocycles. The molecule has 0 saturated carbocycles. The van der Waals surface area contributed by atoms with Crippen molar-refractivity contribution in [3.8, 4) is 0 Å². The molecule has 0 bridgehead atoms. The molecule has 1 aromatic carbocycles. The number of likely N-dealkylation sites (tertiary alicyclic amines) is 1. The summed E-state index contributed by atoms with van der Waals surface area (Å²) < 4.78 is 0. The van der Waals surface area contributed by atoms with Crippen molar-refractivity contribution < 1.29 is 0 Å². The number of halogens is 1. The van der Waals surface area contributed by atoms with E-state index in [4.69, 9.17) is 0 Å². The van der Waals surface area contributed by atoms with Gasteiger partial charge in [-0.1, -0.05) is 51.1 Å². The summed E-state index contributed by atoms with van der Waals surface area (Å²) in [4.78, 5) is 6.92. The zero-order valence-corrected chi connectivity index (χ0v) is 17.8. The second kappa shape index (κ2) is 10.2. The second-order valence-electron chi connectivity index (χ2n) is 6.98. The van der Waals surface area contributed by atoms with Gasteiger partial charge in [-0.2, -0.15) is 0 Å². The molecule has 4 nitrogen and oxygen atoms in total. The Labute approximate surface area is 164 Å². The normalized spacial score (nSPS) is 19.0. The summed E-state index contributed by atoms with van der Waals surface area (Å²) in [6.45, 7) is 11.0. The van der Waals surface area contributed by atoms with E-state index < -0.39 is 0 Å². The van der Waals surface area contributed by atoms with E-state index in [1.165, 1.54) is 24.9 Å². The van der Waals surface area contributed by atoms with Crippen molar-refractivity contribution in [1.82, 2.24) is 15.5 Å². The number of benzene rings is 1. The van der Waals surface area contributed by atoms with E-state index in [2.05, 4.69) is 71.6 Å². The quantitative estimate of drug-likeness (QED) is 0.402. The van der Waals surface area contributed by atoms with Crippen molar-refractivity contribution in [1.29, 1.82) is 0 Å². The summed E-state index contributed by atoms with van der Waals surface area (Å²) in [6, 6.07) is 11.3. The first kappa shape index (κ1) is 21.2. The highest BCUT2D eigenvalue weighted by Gasteiger charge is 2.24. The number of nitrogens with zero attached hydrogens (tertiary/aromatic N) is 2. The van der Waals surface area contributed by atoms with Gasteiger partial charge in [-0.15, -0.1) is 24.0 Å². The van der Waals surface area contributed by atoms with Gasteiger partial charge >= 0.3 is 0 Å². The lowest BCUT2D eigenvalue weighted by molar-refractivity contribution is 0.267. The van der Waals surface area contributed by atoms with Crippen molar-refractivity contribution in [3.63, 3.8) is 0 Å². The third-order valence-corrected chi connectivity index (χ3v) is 4.89. The molecule has 24 heavy (non-hydrogen) atoms. The topological polar surface area (TPSA) is 39.7 Å². The van der Waals surface area contributed by atoms with Crippen molar-refractivity contribution >= 4 is 29.9 Å². The fourth-order valence-corrected chi connectivity index (χ4v) is 3.27. The van der Waals surface area contributed by atoms with Crippen LogP contribution in [0.3, 0.4) is 0 Å². The van der Waals surface area contributed by atoms with Crippen LogP contribution in [-0.4, -0.2) is 50.1 Å². The van der Waals surface area contributed by atoms with Crippen molar-refractivity contribution in [2.75, 3.05) is 33.2 Å². The first-order valence-electron chi connectivity index (χ1n) is 8.81. The van der Waals surface area contributed by atoms with E-state index in [0.29, 0.717) is 6.04 Å². The predicted octanol–water partition coefficient (Wildman–Crippen LogP) is 3.23. The maximum atomic E-state index is 4.37. The van der Waals surface area contributed by atoms with Crippen molar-refractivity contribution in [2.24, 2.45) is 4.99 Å². The van der Waals surface area contributed by atoms with E-state index in [1.54, 1.807) is 0 Å². The molecule has 0 aromatic heterocycles. The molecule has 1 heterocycles. The molecule has 0 spiro atoms. The molecule has 1 unspecified atom stereocenters. The zero-order valence-electron chi connectivity index (χ0n) is 15.5. The summed E-state index contributed by atoms with van der Waals surface area (Å²) >= 11 is 0. The number of rotatable bonds is 6. The standard InChI is InChI=1S/C19H32N4.HI/c1-5-23-13-9-12-17(23)14-21-18(20-4)22-15-19(2,3)16-10-7-6-8-11-16;/h6-8,10-11,17H,5,9,12-15H2,1-4H3,(H2,20,21,22);1H. The number of hydrogen-bond donors (Lipinski definition) is 2. The molecule has 2 rings (SSSR count). The van der Waals surface area contributed by atoms with Gasteiger partial charge in [0.05, 0.1) is 0 Å². The molecule has 2 N–H and O–H groups in total. The van der Waals surface area contributed by atoms with Gasteiger partial charge in [-0.25, -0.2) is 0 Å². The molecular weight excluding hydrogens is 411 g/mol. The molecule has 136 valence electrons. The van der Waals surface area contributed by atoms with Crippen LogP contribution in [0.5, 0.6) is 0 Å². The molecule has 0 amide bonds. The van der Waals surface area contributed by atoms with Crippen LogP contribution >= 0.6 is 24.0 Å². The van der Waals surface area contributed by atoms with Crippen LogP contribution in [0.15, 0.2) is 35.3 Å². The number of nitrogens with one attached hydrogen (secondary N) is 2. The fourth-order valence-electron chi connectivity index (χ4n) is 3.27. The number of aliphatic imine (C=N–C) groups is 1. The maximum Gasteiger partial charge on any atom is 0.191 e. The molecule has 1 fully saturated rings. The molecule has 1 saturated heterocycles. The minimum Gasteiger partial charge on any atom is -0.356 e. The van der Waals surface area contributed by atoms with E-state index in [1.807, 2.05) is 7.05 Å². The van der Waals surface area contributed by atoms with Gasteiger partial charge in [-0.3, -0.25) is 9.89 Å². The van der Waals surface area contributed by atoms with Crippen LogP contribution in [-0.2, 0) is 5.41 Å². The van der Waals surface area contributed by atoms with Crippen molar-refractivity contribution in [3.05, 3.63) is 35.9 Å². The van der Waals surface area contributed by atoms with Gasteiger partial charge in [0.25, 0.3) is 0 Å². The van der Waals surface area contributed by atoms with Crippen molar-refractivity contribution in [2.45, 2.75) is 45.1 Å². The molecule has 1 aliphatic rings. The number of likely N-dealkylation sites (N-methyl/N-ethyl adjacent to an activating group) is 1. The Morgan fingerprint density at radius 2 is 1.96 bits per heavy atom. The van der Waals surface area contributed by atoms with Crippen LogP contribution < -0.4 is 10.6 Å². The van der Waals surface area contributed by atoms with Gasteiger partial charge in [-0.05, 0) is 31.5 Å². The minimum atomic E-state index is 0. The SMILES string of the molecule is CCN1CCCC1CNC(=NC)NCC(C)(C)c1ccccc1.I. The Hall–Kier alpha value is -0.820. The highest BCUT2D eigenvalue weighted by atomic mass is 127. The minimum absolute atomic E-state index is 0. The van der Waals surface area contributed by atoms with Crippen LogP contribution in [0.4, 0.5) is 0 Å². The monoisotopic (exact) mass is 444 g/mol. The summed E-state index contributed by atoms with van der Waals surface area (Å²) in [5.41, 5.74) is 1.41. The molecule has 1 aliphatic heterocycles. The number of hydrogen-bond acceptors (Lipinski definition) is 2. The highest BCUT2D eigenvalue weighted by molar-refractivity contribution is 14.0. The highest BCUT2D eigenvalue weighted by Crippen LogP contribution is 2.21. The summed E-state index contributed by atoms with van der Waals surface area (Å²) in [7, 11) is 1.84. The van der Waals surface area contributed by atoms with Gasteiger partial charge in [0, 0.05) is 31.6 Å². The van der Waals surface area contributed by atoms with E-state index >= 15 is 0 Å². The first-order chi connectivity index (χ1) is 11.1. The van der Waals surface area contributed by atoms with Gasteiger partial charge < -0.3 is 10.6 Å². The third kappa shape index (κ3) is 5.92. The summed E-state index contributed by atoms with van der Waals surface area (Å²) in [6.07, 6.45) is 2.60. The van der Waals surface area contributed by atoms with Crippen LogP contribution in [0, 0.1) is 0 Å². The Balaban J connectivity index is 0.00000288. The predicted molar refractivity (Wildman–Crippen MR) is 115 cm³/mol.